The lowest BCUT2D eigenvalue weighted by molar-refractivity contribution is 1.10. The molecule has 0 aliphatic carbocycles. The lowest BCUT2D eigenvalue weighted by Crippen LogP contribution is -2.01. The van der Waals surface area contributed by atoms with E-state index in [-0.39, 0.29) is 0 Å². The first kappa shape index (κ1) is 13.9. The molecule has 0 amide bonds. The van der Waals surface area contributed by atoms with Gasteiger partial charge in [0.05, 0.1) is 11.9 Å². The highest BCUT2D eigenvalue weighted by Crippen LogP contribution is 2.26. The molecule has 4 heteroatoms. The number of benzene rings is 2. The Morgan fingerprint density at radius 3 is 2.76 bits per heavy atom. The summed E-state index contributed by atoms with van der Waals surface area (Å²) < 4.78 is 1.07. The zero-order chi connectivity index (χ0) is 14.7. The van der Waals surface area contributed by atoms with E-state index in [1.807, 2.05) is 24.4 Å². The molecule has 1 aromatic heterocycles. The van der Waals surface area contributed by atoms with Crippen molar-refractivity contribution in [2.75, 3.05) is 5.32 Å². The van der Waals surface area contributed by atoms with E-state index in [4.69, 9.17) is 0 Å². The van der Waals surface area contributed by atoms with Crippen LogP contribution in [0.25, 0.3) is 11.3 Å². The van der Waals surface area contributed by atoms with Crippen LogP contribution in [-0.4, -0.2) is 10.2 Å². The fourth-order valence-electron chi connectivity index (χ4n) is 2.26. The van der Waals surface area contributed by atoms with Gasteiger partial charge in [-0.05, 0) is 46.1 Å². The molecule has 0 radical (unpaired) electrons. The summed E-state index contributed by atoms with van der Waals surface area (Å²) in [4.78, 5) is 0. The number of aromatic nitrogens is 2. The molecule has 0 atom stereocenters. The molecular formula is C17H16BrN3. The predicted molar refractivity (Wildman–Crippen MR) is 90.2 cm³/mol. The van der Waals surface area contributed by atoms with Crippen molar-refractivity contribution in [1.82, 2.24) is 10.2 Å². The molecule has 0 saturated carbocycles. The van der Waals surface area contributed by atoms with Crippen LogP contribution in [0.4, 0.5) is 5.69 Å². The number of H-pyrrole nitrogens is 1. The summed E-state index contributed by atoms with van der Waals surface area (Å²) in [6, 6.07) is 16.5. The molecule has 0 saturated heterocycles. The fraction of sp³-hybridized carbons (Fsp3) is 0.118. The predicted octanol–water partition coefficient (Wildman–Crippen LogP) is 4.76. The number of aryl methyl sites for hydroxylation is 1. The van der Waals surface area contributed by atoms with E-state index in [0.29, 0.717) is 0 Å². The van der Waals surface area contributed by atoms with Crippen LogP contribution in [0.3, 0.4) is 0 Å². The molecule has 0 fully saturated rings. The number of rotatable bonds is 4. The summed E-state index contributed by atoms with van der Waals surface area (Å²) in [5.74, 6) is 0. The first-order valence-electron chi connectivity index (χ1n) is 6.82. The second-order valence-corrected chi connectivity index (χ2v) is 5.83. The SMILES string of the molecule is Cc1ccc(Br)c(NCc2cn[nH]c2-c2ccccc2)c1. The van der Waals surface area contributed by atoms with Crippen LogP contribution < -0.4 is 5.32 Å². The van der Waals surface area contributed by atoms with Crippen molar-refractivity contribution >= 4 is 21.6 Å². The van der Waals surface area contributed by atoms with Gasteiger partial charge in [0.25, 0.3) is 0 Å². The zero-order valence-corrected chi connectivity index (χ0v) is 13.3. The first-order valence-corrected chi connectivity index (χ1v) is 7.61. The van der Waals surface area contributed by atoms with Gasteiger partial charge >= 0.3 is 0 Å². The van der Waals surface area contributed by atoms with Crippen LogP contribution in [-0.2, 0) is 6.54 Å². The Morgan fingerprint density at radius 1 is 1.14 bits per heavy atom. The van der Waals surface area contributed by atoms with Gasteiger partial charge in [0, 0.05) is 22.3 Å². The maximum absolute atomic E-state index is 4.17. The van der Waals surface area contributed by atoms with Crippen LogP contribution in [0.1, 0.15) is 11.1 Å². The van der Waals surface area contributed by atoms with E-state index < -0.39 is 0 Å². The summed E-state index contributed by atoms with van der Waals surface area (Å²) in [5, 5.41) is 10.7. The third kappa shape index (κ3) is 3.16. The highest BCUT2D eigenvalue weighted by atomic mass is 79.9. The van der Waals surface area contributed by atoms with E-state index in [1.54, 1.807) is 0 Å². The summed E-state index contributed by atoms with van der Waals surface area (Å²) >= 11 is 3.57. The Bertz CT molecular complexity index is 735. The minimum absolute atomic E-state index is 0.725. The molecule has 3 aromatic rings. The van der Waals surface area contributed by atoms with Gasteiger partial charge < -0.3 is 5.32 Å². The third-order valence-electron chi connectivity index (χ3n) is 3.37. The fourth-order valence-corrected chi connectivity index (χ4v) is 2.65. The molecule has 0 bridgehead atoms. The van der Waals surface area contributed by atoms with Gasteiger partial charge in [0.15, 0.2) is 0 Å². The highest BCUT2D eigenvalue weighted by molar-refractivity contribution is 9.10. The number of aromatic amines is 1. The minimum atomic E-state index is 0.725. The average Bonchev–Trinajstić information content (AvgIpc) is 2.97. The van der Waals surface area contributed by atoms with Gasteiger partial charge in [0.1, 0.15) is 0 Å². The topological polar surface area (TPSA) is 40.7 Å². The second kappa shape index (κ2) is 6.14. The summed E-state index contributed by atoms with van der Waals surface area (Å²) in [6.07, 6.45) is 1.87. The highest BCUT2D eigenvalue weighted by Gasteiger charge is 2.08. The van der Waals surface area contributed by atoms with Crippen LogP contribution in [0, 0.1) is 6.92 Å². The number of hydrogen-bond acceptors (Lipinski definition) is 2. The molecule has 3 nitrogen and oxygen atoms in total. The Morgan fingerprint density at radius 2 is 1.95 bits per heavy atom. The summed E-state index contributed by atoms with van der Waals surface area (Å²) in [5.41, 5.74) is 5.68. The minimum Gasteiger partial charge on any atom is -0.380 e. The van der Waals surface area contributed by atoms with Crippen LogP contribution >= 0.6 is 15.9 Å². The van der Waals surface area contributed by atoms with Crippen molar-refractivity contribution in [3.63, 3.8) is 0 Å². The maximum atomic E-state index is 4.17. The van der Waals surface area contributed by atoms with Crippen molar-refractivity contribution in [2.24, 2.45) is 0 Å². The Labute approximate surface area is 132 Å². The van der Waals surface area contributed by atoms with E-state index in [2.05, 4.69) is 68.7 Å². The second-order valence-electron chi connectivity index (χ2n) is 4.97. The number of halogens is 1. The zero-order valence-electron chi connectivity index (χ0n) is 11.7. The smallest absolute Gasteiger partial charge is 0.0700 e. The van der Waals surface area contributed by atoms with Crippen LogP contribution in [0.2, 0.25) is 0 Å². The third-order valence-corrected chi connectivity index (χ3v) is 4.06. The molecule has 2 aromatic carbocycles. The monoisotopic (exact) mass is 341 g/mol. The van der Waals surface area contributed by atoms with Crippen molar-refractivity contribution in [3.05, 3.63) is 70.3 Å². The van der Waals surface area contributed by atoms with E-state index in [1.165, 1.54) is 5.56 Å². The normalized spacial score (nSPS) is 10.6. The lowest BCUT2D eigenvalue weighted by atomic mass is 10.1. The van der Waals surface area contributed by atoms with Crippen molar-refractivity contribution in [3.8, 4) is 11.3 Å². The molecule has 3 rings (SSSR count). The lowest BCUT2D eigenvalue weighted by Gasteiger charge is -2.10. The quantitative estimate of drug-likeness (QED) is 0.718. The van der Waals surface area contributed by atoms with Gasteiger partial charge in [-0.25, -0.2) is 0 Å². The van der Waals surface area contributed by atoms with Gasteiger partial charge in [-0.1, -0.05) is 36.4 Å². The van der Waals surface area contributed by atoms with Crippen molar-refractivity contribution in [1.29, 1.82) is 0 Å². The Balaban J connectivity index is 1.81. The molecule has 106 valence electrons. The number of anilines is 1. The standard InChI is InChI=1S/C17H16BrN3/c1-12-7-8-15(18)16(9-12)19-10-14-11-20-21-17(14)13-5-3-2-4-6-13/h2-9,11,19H,10H2,1H3,(H,20,21). The van der Waals surface area contributed by atoms with E-state index in [0.717, 1.165) is 33.5 Å². The molecule has 21 heavy (non-hydrogen) atoms. The Kier molecular flexibility index (Phi) is 4.06. The molecular weight excluding hydrogens is 326 g/mol. The summed E-state index contributed by atoms with van der Waals surface area (Å²) in [6.45, 7) is 2.81. The molecule has 0 spiro atoms. The van der Waals surface area contributed by atoms with E-state index in [9.17, 15) is 0 Å². The summed E-state index contributed by atoms with van der Waals surface area (Å²) in [7, 11) is 0. The largest absolute Gasteiger partial charge is 0.380 e. The molecule has 0 aliphatic rings. The van der Waals surface area contributed by atoms with Gasteiger partial charge in [-0.2, -0.15) is 5.10 Å². The van der Waals surface area contributed by atoms with Gasteiger partial charge in [-0.3, -0.25) is 5.10 Å². The van der Waals surface area contributed by atoms with Crippen molar-refractivity contribution in [2.45, 2.75) is 13.5 Å². The van der Waals surface area contributed by atoms with Gasteiger partial charge in [-0.15, -0.1) is 0 Å². The van der Waals surface area contributed by atoms with E-state index >= 15 is 0 Å². The van der Waals surface area contributed by atoms with Crippen LogP contribution in [0.15, 0.2) is 59.2 Å². The number of nitrogens with zero attached hydrogens (tertiary/aromatic N) is 1. The van der Waals surface area contributed by atoms with Crippen molar-refractivity contribution < 1.29 is 0 Å². The Hall–Kier alpha value is -2.07. The molecule has 0 unspecified atom stereocenters. The molecule has 2 N–H and O–H groups in total. The number of hydrogen-bond donors (Lipinski definition) is 2. The number of nitrogens with one attached hydrogen (secondary N) is 2. The maximum Gasteiger partial charge on any atom is 0.0700 e. The molecule has 1 heterocycles. The molecule has 0 aliphatic heterocycles. The first-order chi connectivity index (χ1) is 10.2. The average molecular weight is 342 g/mol. The van der Waals surface area contributed by atoms with Crippen LogP contribution in [0.5, 0.6) is 0 Å². The van der Waals surface area contributed by atoms with Gasteiger partial charge in [0.2, 0.25) is 0 Å².